The van der Waals surface area contributed by atoms with Crippen molar-refractivity contribution < 1.29 is 60.3 Å². The predicted molar refractivity (Wildman–Crippen MR) is 113 cm³/mol. The first-order valence-electron chi connectivity index (χ1n) is 10.1. The van der Waals surface area contributed by atoms with Crippen LogP contribution in [0.15, 0.2) is 42.5 Å². The van der Waals surface area contributed by atoms with E-state index in [0.29, 0.717) is 0 Å². The van der Waals surface area contributed by atoms with E-state index in [0.717, 1.165) is 24.3 Å². The van der Waals surface area contributed by atoms with Gasteiger partial charge in [0.25, 0.3) is 0 Å². The number of aliphatic hydroxyl groups excluding tert-OH is 1. The van der Waals surface area contributed by atoms with Gasteiger partial charge in [-0.15, -0.1) is 0 Å². The number of aliphatic hydroxyl groups is 8. The first-order chi connectivity index (χ1) is 16.2. The second-order valence-corrected chi connectivity index (χ2v) is 8.33. The SMILES string of the molecule is O=C1CC(CO)OC(c2ccc(Cl)c(C(O)(O)c3ccc(OC(O)(O)C(O)(O)O)cc3)c2)C1NO. The number of carbonyl (C=O) groups is 1. The molecule has 35 heavy (non-hydrogen) atoms. The van der Waals surface area contributed by atoms with Crippen LogP contribution in [0.1, 0.15) is 29.2 Å². The largest absolute Gasteiger partial charge is 0.433 e. The summed E-state index contributed by atoms with van der Waals surface area (Å²) in [7, 11) is 0. The summed E-state index contributed by atoms with van der Waals surface area (Å²) in [5.41, 5.74) is 1.65. The van der Waals surface area contributed by atoms with E-state index in [-0.39, 0.29) is 28.1 Å². The predicted octanol–water partition coefficient (Wildman–Crippen LogP) is -2.09. The number of benzene rings is 2. The van der Waals surface area contributed by atoms with Gasteiger partial charge in [-0.05, 0) is 42.0 Å². The van der Waals surface area contributed by atoms with Crippen molar-refractivity contribution in [2.75, 3.05) is 6.61 Å². The molecular weight excluding hydrogens is 494 g/mol. The number of hydrogen-bond acceptors (Lipinski definition) is 13. The van der Waals surface area contributed by atoms with Gasteiger partial charge in [0.05, 0.1) is 12.7 Å². The smallest absolute Gasteiger partial charge is 0.409 e. The number of hydrogen-bond donors (Lipinski definition) is 10. The molecule has 2 aromatic rings. The van der Waals surface area contributed by atoms with Crippen molar-refractivity contribution in [2.24, 2.45) is 0 Å². The highest BCUT2D eigenvalue weighted by atomic mass is 35.5. The lowest BCUT2D eigenvalue weighted by atomic mass is 9.89. The lowest BCUT2D eigenvalue weighted by molar-refractivity contribution is -0.502. The van der Waals surface area contributed by atoms with Gasteiger partial charge in [-0.1, -0.05) is 17.7 Å². The molecule has 1 aliphatic rings. The van der Waals surface area contributed by atoms with Crippen molar-refractivity contribution >= 4 is 17.4 Å². The van der Waals surface area contributed by atoms with E-state index in [1.54, 1.807) is 0 Å². The molecule has 0 radical (unpaired) electrons. The Morgan fingerprint density at radius 3 is 2.20 bits per heavy atom. The molecule has 13 nitrogen and oxygen atoms in total. The molecule has 0 spiro atoms. The summed E-state index contributed by atoms with van der Waals surface area (Å²) in [6.45, 7) is -0.452. The number of ether oxygens (including phenoxy) is 2. The van der Waals surface area contributed by atoms with Gasteiger partial charge in [0.2, 0.25) is 5.79 Å². The quantitative estimate of drug-likeness (QED) is 0.134. The lowest BCUT2D eigenvalue weighted by Crippen LogP contribution is -2.58. The Labute approximate surface area is 202 Å². The van der Waals surface area contributed by atoms with Crippen LogP contribution in [0.25, 0.3) is 0 Å². The molecule has 3 unspecified atom stereocenters. The molecule has 3 rings (SSSR count). The van der Waals surface area contributed by atoms with Crippen molar-refractivity contribution in [3.05, 3.63) is 64.2 Å². The first kappa shape index (κ1) is 27.3. The van der Waals surface area contributed by atoms with Gasteiger partial charge in [-0.3, -0.25) is 4.79 Å². The van der Waals surface area contributed by atoms with Crippen LogP contribution in [-0.2, 0) is 15.3 Å². The highest BCUT2D eigenvalue weighted by Crippen LogP contribution is 2.37. The topological polar surface area (TPSA) is 230 Å². The molecular formula is C21H24ClNO12. The summed E-state index contributed by atoms with van der Waals surface area (Å²) < 4.78 is 10.2. The second-order valence-electron chi connectivity index (χ2n) is 7.92. The van der Waals surface area contributed by atoms with Gasteiger partial charge >= 0.3 is 11.9 Å². The third kappa shape index (κ3) is 5.62. The minimum atomic E-state index is -4.02. The molecule has 0 amide bonds. The summed E-state index contributed by atoms with van der Waals surface area (Å²) >= 11 is 6.19. The number of carbonyl (C=O) groups excluding carboxylic acids is 1. The second kappa shape index (κ2) is 10.0. The third-order valence-corrected chi connectivity index (χ3v) is 5.74. The molecule has 0 saturated carbocycles. The minimum absolute atomic E-state index is 0.0937. The maximum absolute atomic E-state index is 12.3. The van der Waals surface area contributed by atoms with Crippen molar-refractivity contribution in [2.45, 2.75) is 42.4 Å². The molecule has 1 heterocycles. The Morgan fingerprint density at radius 1 is 1.03 bits per heavy atom. The van der Waals surface area contributed by atoms with Crippen LogP contribution in [-0.4, -0.2) is 82.5 Å². The molecule has 1 fully saturated rings. The van der Waals surface area contributed by atoms with Gasteiger partial charge in [0.1, 0.15) is 17.9 Å². The van der Waals surface area contributed by atoms with E-state index in [9.17, 15) is 35.5 Å². The molecule has 10 N–H and O–H groups in total. The van der Waals surface area contributed by atoms with Crippen molar-refractivity contribution in [1.29, 1.82) is 0 Å². The Bertz CT molecular complexity index is 1050. The zero-order valence-electron chi connectivity index (χ0n) is 17.8. The van der Waals surface area contributed by atoms with Crippen molar-refractivity contribution in [3.8, 4) is 5.75 Å². The average molecular weight is 518 g/mol. The molecule has 1 aliphatic heterocycles. The maximum Gasteiger partial charge on any atom is 0.409 e. The third-order valence-electron chi connectivity index (χ3n) is 5.41. The summed E-state index contributed by atoms with van der Waals surface area (Å²) in [5, 5.41) is 86.0. The fourth-order valence-corrected chi connectivity index (χ4v) is 3.75. The van der Waals surface area contributed by atoms with Gasteiger partial charge < -0.3 is 55.5 Å². The number of halogens is 1. The number of hydroxylamine groups is 1. The van der Waals surface area contributed by atoms with Crippen LogP contribution in [0.3, 0.4) is 0 Å². The monoisotopic (exact) mass is 517 g/mol. The minimum Gasteiger partial charge on any atom is -0.433 e. The molecule has 14 heteroatoms. The van der Waals surface area contributed by atoms with E-state index >= 15 is 0 Å². The Kier molecular flexibility index (Phi) is 7.83. The normalized spacial score (nSPS) is 21.8. The van der Waals surface area contributed by atoms with Crippen LogP contribution in [0.2, 0.25) is 5.02 Å². The summed E-state index contributed by atoms with van der Waals surface area (Å²) in [6, 6.07) is 6.94. The first-order valence-corrected chi connectivity index (χ1v) is 10.4. The van der Waals surface area contributed by atoms with E-state index < -0.39 is 54.1 Å². The summed E-state index contributed by atoms with van der Waals surface area (Å²) in [5.74, 6) is -11.4. The fraction of sp³-hybridized carbons (Fsp3) is 0.381. The zero-order chi connectivity index (χ0) is 26.2. The highest BCUT2D eigenvalue weighted by molar-refractivity contribution is 6.31. The van der Waals surface area contributed by atoms with Crippen LogP contribution in [0.4, 0.5) is 0 Å². The fourth-order valence-electron chi connectivity index (χ4n) is 3.50. The van der Waals surface area contributed by atoms with E-state index in [1.807, 2.05) is 5.48 Å². The van der Waals surface area contributed by atoms with Gasteiger partial charge in [-0.2, -0.15) is 5.48 Å². The molecule has 1 saturated heterocycles. The molecule has 192 valence electrons. The lowest BCUT2D eigenvalue weighted by Gasteiger charge is -2.35. The zero-order valence-corrected chi connectivity index (χ0v) is 18.6. The standard InChI is InChI=1S/C21H24ClNO12/c22-15-6-1-10(18-17(23-33)16(25)8-13(9-24)34-18)7-14(15)19(26,27)11-2-4-12(5-3-11)35-21(31,32)20(28,29)30/h1-7,13,17-18,23-24,26-33H,8-9H2. The Morgan fingerprint density at radius 2 is 1.66 bits per heavy atom. The van der Waals surface area contributed by atoms with Gasteiger partial charge in [0, 0.05) is 22.6 Å². The average Bonchev–Trinajstić information content (AvgIpc) is 2.78. The number of rotatable bonds is 8. The van der Waals surface area contributed by atoms with Gasteiger partial charge in [-0.25, -0.2) is 0 Å². The van der Waals surface area contributed by atoms with Crippen LogP contribution >= 0.6 is 11.6 Å². The van der Waals surface area contributed by atoms with Crippen molar-refractivity contribution in [3.63, 3.8) is 0 Å². The number of ketones is 1. The molecule has 2 aromatic carbocycles. The highest BCUT2D eigenvalue weighted by Gasteiger charge is 2.50. The molecule has 0 bridgehead atoms. The summed E-state index contributed by atoms with van der Waals surface area (Å²) in [6.07, 6.45) is -2.08. The summed E-state index contributed by atoms with van der Waals surface area (Å²) in [4.78, 5) is 12.3. The van der Waals surface area contributed by atoms with E-state index in [4.69, 9.17) is 31.7 Å². The van der Waals surface area contributed by atoms with Crippen molar-refractivity contribution in [1.82, 2.24) is 5.48 Å². The van der Waals surface area contributed by atoms with E-state index in [1.165, 1.54) is 18.2 Å². The van der Waals surface area contributed by atoms with Crippen LogP contribution in [0, 0.1) is 0 Å². The molecule has 0 aromatic heterocycles. The Hall–Kier alpha value is -2.24. The Balaban J connectivity index is 1.93. The van der Waals surface area contributed by atoms with Gasteiger partial charge in [0.15, 0.2) is 5.78 Å². The van der Waals surface area contributed by atoms with Crippen LogP contribution < -0.4 is 10.2 Å². The number of Topliss-reactive ketones (excluding diaryl/α,β-unsaturated/α-hetero) is 1. The molecule has 0 aliphatic carbocycles. The molecule has 3 atom stereocenters. The van der Waals surface area contributed by atoms with Crippen LogP contribution in [0.5, 0.6) is 5.75 Å². The maximum atomic E-state index is 12.3. The van der Waals surface area contributed by atoms with E-state index in [2.05, 4.69) is 4.74 Å². The number of nitrogens with one attached hydrogen (secondary N) is 1.